The Labute approximate surface area is 226 Å². The summed E-state index contributed by atoms with van der Waals surface area (Å²) in [5.74, 6) is 0. The fraction of sp³-hybridized carbons (Fsp3) is 0.0270. The first-order valence-corrected chi connectivity index (χ1v) is 13.1. The second-order valence-electron chi connectivity index (χ2n) is 10.2. The standard InChI is InChI=1S/C36H22N2.CH4/c1-2-9-23(10-3-1)24-17-19-25(20-18-24)37-32-16-8-13-28-26-11-4-6-14-30(26)38-31-15-7-5-12-27(31)29-21-22-33(37)35(34(28)32)36(29)38;/h1-22H;1H4. The molecule has 0 aliphatic carbocycles. The normalized spacial score (nSPS) is 11.9. The average Bonchev–Trinajstić information content (AvgIpc) is 3.46. The molecule has 0 N–H and O–H groups in total. The molecule has 0 atom stereocenters. The van der Waals surface area contributed by atoms with Gasteiger partial charge in [-0.3, -0.25) is 0 Å². The SMILES string of the molecule is C.c1ccc(-c2ccc(-n3c4cccc5c6ccccc6n6c7ccccc7c7ccc3c(c54)c76)cc2)cc1. The van der Waals surface area contributed by atoms with Crippen molar-refractivity contribution in [2.45, 2.75) is 7.43 Å². The Kier molecular flexibility index (Phi) is 4.48. The molecule has 2 nitrogen and oxygen atoms in total. The third-order valence-electron chi connectivity index (χ3n) is 8.26. The molecule has 0 radical (unpaired) electrons. The maximum atomic E-state index is 2.49. The molecule has 6 aromatic carbocycles. The lowest BCUT2D eigenvalue weighted by molar-refractivity contribution is 1.18. The molecule has 0 aliphatic heterocycles. The van der Waals surface area contributed by atoms with Gasteiger partial charge in [0, 0.05) is 32.6 Å². The molecule has 0 bridgehead atoms. The van der Waals surface area contributed by atoms with Gasteiger partial charge in [-0.25, -0.2) is 0 Å². The minimum absolute atomic E-state index is 0. The Bertz CT molecular complexity index is 2320. The maximum Gasteiger partial charge on any atom is 0.0641 e. The molecule has 9 aromatic rings. The average molecular weight is 499 g/mol. The van der Waals surface area contributed by atoms with Gasteiger partial charge < -0.3 is 8.97 Å². The summed E-state index contributed by atoms with van der Waals surface area (Å²) < 4.78 is 4.93. The highest BCUT2D eigenvalue weighted by Gasteiger charge is 2.22. The number of aromatic nitrogens is 2. The number of nitrogens with zero attached hydrogens (tertiary/aromatic N) is 2. The van der Waals surface area contributed by atoms with Gasteiger partial charge in [-0.1, -0.05) is 104 Å². The van der Waals surface area contributed by atoms with Gasteiger partial charge in [-0.15, -0.1) is 0 Å². The second kappa shape index (κ2) is 7.96. The van der Waals surface area contributed by atoms with Crippen molar-refractivity contribution in [1.82, 2.24) is 8.97 Å². The summed E-state index contributed by atoms with van der Waals surface area (Å²) >= 11 is 0. The second-order valence-corrected chi connectivity index (χ2v) is 10.2. The molecule has 0 amide bonds. The van der Waals surface area contributed by atoms with Crippen LogP contribution in [0.3, 0.4) is 0 Å². The first-order chi connectivity index (χ1) is 18.9. The molecule has 2 heteroatoms. The van der Waals surface area contributed by atoms with E-state index in [-0.39, 0.29) is 7.43 Å². The van der Waals surface area contributed by atoms with Gasteiger partial charge in [0.25, 0.3) is 0 Å². The summed E-state index contributed by atoms with van der Waals surface area (Å²) in [4.78, 5) is 0. The fourth-order valence-corrected chi connectivity index (χ4v) is 6.68. The quantitative estimate of drug-likeness (QED) is 0.224. The number of hydrogen-bond donors (Lipinski definition) is 0. The van der Waals surface area contributed by atoms with E-state index < -0.39 is 0 Å². The zero-order valence-corrected chi connectivity index (χ0v) is 20.6. The van der Waals surface area contributed by atoms with Crippen molar-refractivity contribution in [2.75, 3.05) is 0 Å². The van der Waals surface area contributed by atoms with Crippen LogP contribution >= 0.6 is 0 Å². The van der Waals surface area contributed by atoms with Crippen molar-refractivity contribution in [3.05, 3.63) is 133 Å². The Hall–Kier alpha value is -5.08. The van der Waals surface area contributed by atoms with Gasteiger partial charge in [-0.05, 0) is 52.9 Å². The van der Waals surface area contributed by atoms with Gasteiger partial charge in [0.1, 0.15) is 0 Å². The summed E-state index contributed by atoms with van der Waals surface area (Å²) in [6, 6.07) is 48.7. The van der Waals surface area contributed by atoms with Crippen LogP contribution in [0.25, 0.3) is 76.7 Å². The molecule has 3 heterocycles. The first kappa shape index (κ1) is 22.0. The van der Waals surface area contributed by atoms with Crippen LogP contribution in [0.4, 0.5) is 0 Å². The topological polar surface area (TPSA) is 9.34 Å². The third kappa shape index (κ3) is 2.81. The van der Waals surface area contributed by atoms with Crippen molar-refractivity contribution in [1.29, 1.82) is 0 Å². The number of benzene rings is 6. The summed E-state index contributed by atoms with van der Waals surface area (Å²) in [5.41, 5.74) is 9.92. The first-order valence-electron chi connectivity index (χ1n) is 13.1. The Balaban J connectivity index is 0.00000235. The highest BCUT2D eigenvalue weighted by Crippen LogP contribution is 2.45. The molecule has 3 aromatic heterocycles. The highest BCUT2D eigenvalue weighted by molar-refractivity contribution is 6.33. The predicted molar refractivity (Wildman–Crippen MR) is 168 cm³/mol. The lowest BCUT2D eigenvalue weighted by atomic mass is 10.0. The molecule has 39 heavy (non-hydrogen) atoms. The molecule has 184 valence electrons. The summed E-state index contributed by atoms with van der Waals surface area (Å²) in [6.45, 7) is 0. The fourth-order valence-electron chi connectivity index (χ4n) is 6.68. The molecule has 9 rings (SSSR count). The van der Waals surface area contributed by atoms with Crippen LogP contribution in [0.1, 0.15) is 7.43 Å². The van der Waals surface area contributed by atoms with Crippen LogP contribution in [-0.4, -0.2) is 8.97 Å². The van der Waals surface area contributed by atoms with E-state index in [0.29, 0.717) is 0 Å². The highest BCUT2D eigenvalue weighted by atomic mass is 15.0. The van der Waals surface area contributed by atoms with E-state index in [1.54, 1.807) is 0 Å². The molecule has 0 unspecified atom stereocenters. The Morgan fingerprint density at radius 1 is 0.359 bits per heavy atom. The minimum Gasteiger partial charge on any atom is -0.309 e. The zero-order valence-electron chi connectivity index (χ0n) is 20.6. The number of rotatable bonds is 2. The molecule has 0 aliphatic rings. The molecule has 0 saturated heterocycles. The Morgan fingerprint density at radius 3 is 1.67 bits per heavy atom. The number of fused-ring (bicyclic) bond motifs is 6. The van der Waals surface area contributed by atoms with E-state index in [2.05, 4.69) is 142 Å². The largest absolute Gasteiger partial charge is 0.309 e. The maximum absolute atomic E-state index is 2.49. The van der Waals surface area contributed by atoms with Crippen molar-refractivity contribution in [2.24, 2.45) is 0 Å². The van der Waals surface area contributed by atoms with E-state index in [4.69, 9.17) is 0 Å². The van der Waals surface area contributed by atoms with Crippen LogP contribution in [0.5, 0.6) is 0 Å². The van der Waals surface area contributed by atoms with Gasteiger partial charge in [0.05, 0.1) is 27.6 Å². The van der Waals surface area contributed by atoms with Gasteiger partial charge in [-0.2, -0.15) is 0 Å². The smallest absolute Gasteiger partial charge is 0.0641 e. The van der Waals surface area contributed by atoms with E-state index in [1.165, 1.54) is 76.7 Å². The van der Waals surface area contributed by atoms with Crippen LogP contribution < -0.4 is 0 Å². The molecule has 0 spiro atoms. The van der Waals surface area contributed by atoms with Crippen LogP contribution in [0.15, 0.2) is 133 Å². The van der Waals surface area contributed by atoms with Crippen LogP contribution in [-0.2, 0) is 0 Å². The summed E-state index contributed by atoms with van der Waals surface area (Å²) in [6.07, 6.45) is 0. The van der Waals surface area contributed by atoms with Crippen LogP contribution in [0.2, 0.25) is 0 Å². The van der Waals surface area contributed by atoms with Crippen molar-refractivity contribution < 1.29 is 0 Å². The van der Waals surface area contributed by atoms with Crippen molar-refractivity contribution in [3.8, 4) is 16.8 Å². The molecule has 0 saturated carbocycles. The van der Waals surface area contributed by atoms with Gasteiger partial charge in [0.2, 0.25) is 0 Å². The summed E-state index contributed by atoms with van der Waals surface area (Å²) in [5, 5.41) is 7.82. The van der Waals surface area contributed by atoms with Gasteiger partial charge >= 0.3 is 0 Å². The van der Waals surface area contributed by atoms with Crippen molar-refractivity contribution in [3.63, 3.8) is 0 Å². The summed E-state index contributed by atoms with van der Waals surface area (Å²) in [7, 11) is 0. The van der Waals surface area contributed by atoms with Crippen LogP contribution in [0, 0.1) is 0 Å². The molecule has 0 fully saturated rings. The Morgan fingerprint density at radius 2 is 0.923 bits per heavy atom. The van der Waals surface area contributed by atoms with Gasteiger partial charge in [0.15, 0.2) is 0 Å². The molecular weight excluding hydrogens is 472 g/mol. The lowest BCUT2D eigenvalue weighted by Gasteiger charge is -2.10. The van der Waals surface area contributed by atoms with E-state index in [0.717, 1.165) is 0 Å². The molecular formula is C37H26N2. The minimum atomic E-state index is 0. The van der Waals surface area contributed by atoms with Crippen molar-refractivity contribution >= 4 is 59.9 Å². The predicted octanol–water partition coefficient (Wildman–Crippen LogP) is 10.2. The third-order valence-corrected chi connectivity index (χ3v) is 8.26. The van der Waals surface area contributed by atoms with E-state index in [1.807, 2.05) is 0 Å². The van der Waals surface area contributed by atoms with E-state index >= 15 is 0 Å². The monoisotopic (exact) mass is 498 g/mol. The number of hydrogen-bond acceptors (Lipinski definition) is 0. The van der Waals surface area contributed by atoms with E-state index in [9.17, 15) is 0 Å². The zero-order chi connectivity index (χ0) is 24.8. The number of para-hydroxylation sites is 2. The lowest BCUT2D eigenvalue weighted by Crippen LogP contribution is -1.94.